The van der Waals surface area contributed by atoms with Gasteiger partial charge < -0.3 is 14.7 Å². The number of H-pyrrole nitrogens is 1. The predicted octanol–water partition coefficient (Wildman–Crippen LogP) is 3.28. The highest BCUT2D eigenvalue weighted by atomic mass is 16.4. The van der Waals surface area contributed by atoms with E-state index < -0.39 is 0 Å². The molecule has 0 aliphatic heterocycles. The Morgan fingerprint density at radius 2 is 1.91 bits per heavy atom. The number of nitrogens with one attached hydrogen (secondary N) is 2. The van der Waals surface area contributed by atoms with Crippen LogP contribution in [0.5, 0.6) is 0 Å². The van der Waals surface area contributed by atoms with Crippen LogP contribution in [0.4, 0.5) is 5.69 Å². The highest BCUT2D eigenvalue weighted by molar-refractivity contribution is 5.89. The lowest BCUT2D eigenvalue weighted by Gasteiger charge is -2.07. The Kier molecular flexibility index (Phi) is 2.89. The highest BCUT2D eigenvalue weighted by Gasteiger charge is 2.06. The molecule has 2 N–H and O–H groups in total. The van der Waals surface area contributed by atoms with Gasteiger partial charge in [0, 0.05) is 11.5 Å². The number of rotatable bonds is 3. The van der Waals surface area contributed by atoms with Crippen molar-refractivity contribution in [1.29, 1.82) is 0 Å². The van der Waals surface area contributed by atoms with Gasteiger partial charge in [-0.1, -0.05) is 24.3 Å². The lowest BCUT2D eigenvalue weighted by Crippen LogP contribution is -2.05. The zero-order valence-electron chi connectivity index (χ0n) is 11.7. The van der Waals surface area contributed by atoms with Crippen molar-refractivity contribution < 1.29 is 4.42 Å². The first-order valence-electron chi connectivity index (χ1n) is 7.00. The van der Waals surface area contributed by atoms with Gasteiger partial charge in [-0.3, -0.25) is 0 Å². The first kappa shape index (κ1) is 12.6. The maximum Gasteiger partial charge on any atom is 0.338 e. The van der Waals surface area contributed by atoms with Crippen molar-refractivity contribution in [2.75, 3.05) is 5.32 Å². The molecule has 0 fully saturated rings. The average molecular weight is 291 g/mol. The number of para-hydroxylation sites is 3. The number of hydrogen-bond acceptors (Lipinski definition) is 4. The molecule has 0 spiro atoms. The lowest BCUT2D eigenvalue weighted by molar-refractivity contribution is 0.561. The van der Waals surface area contributed by atoms with Crippen LogP contribution < -0.4 is 10.9 Å². The summed E-state index contributed by atoms with van der Waals surface area (Å²) in [5, 5.41) is 4.13. The zero-order chi connectivity index (χ0) is 14.9. The summed E-state index contributed by atoms with van der Waals surface area (Å²) in [7, 11) is 0. The van der Waals surface area contributed by atoms with Crippen molar-refractivity contribution in [1.82, 2.24) is 9.97 Å². The minimum absolute atomic E-state index is 0.370. The topological polar surface area (TPSA) is 70.9 Å². The van der Waals surface area contributed by atoms with Crippen LogP contribution in [0.25, 0.3) is 22.0 Å². The van der Waals surface area contributed by atoms with Crippen molar-refractivity contribution in [3.05, 3.63) is 70.8 Å². The van der Waals surface area contributed by atoms with Crippen LogP contribution in [0.3, 0.4) is 0 Å². The van der Waals surface area contributed by atoms with Gasteiger partial charge in [-0.05, 0) is 24.3 Å². The summed E-state index contributed by atoms with van der Waals surface area (Å²) in [6.45, 7) is 0.502. The van der Waals surface area contributed by atoms with Crippen molar-refractivity contribution in [2.45, 2.75) is 6.54 Å². The molecule has 0 aliphatic carbocycles. The van der Waals surface area contributed by atoms with Crippen LogP contribution in [0, 0.1) is 0 Å². The number of fused-ring (bicyclic) bond motifs is 2. The van der Waals surface area contributed by atoms with Gasteiger partial charge in [0.2, 0.25) is 0 Å². The van der Waals surface area contributed by atoms with E-state index in [9.17, 15) is 4.79 Å². The second-order valence-corrected chi connectivity index (χ2v) is 5.03. The third-order valence-corrected chi connectivity index (χ3v) is 3.53. The first-order valence-corrected chi connectivity index (χ1v) is 7.00. The van der Waals surface area contributed by atoms with Crippen LogP contribution in [0.15, 0.2) is 63.8 Å². The van der Waals surface area contributed by atoms with Gasteiger partial charge in [0.05, 0.1) is 23.3 Å². The highest BCUT2D eigenvalue weighted by Crippen LogP contribution is 2.21. The van der Waals surface area contributed by atoms with Gasteiger partial charge in [-0.15, -0.1) is 0 Å². The summed E-state index contributed by atoms with van der Waals surface area (Å²) in [5.41, 5.74) is 2.87. The van der Waals surface area contributed by atoms with Crippen molar-refractivity contribution in [3.63, 3.8) is 0 Å². The normalized spacial score (nSPS) is 11.1. The summed E-state index contributed by atoms with van der Waals surface area (Å²) in [6, 6.07) is 16.8. The maximum atomic E-state index is 11.6. The minimum Gasteiger partial charge on any atom is -0.423 e. The fourth-order valence-electron chi connectivity index (χ4n) is 2.53. The number of nitrogens with zero attached hydrogens (tertiary/aromatic N) is 1. The van der Waals surface area contributed by atoms with Gasteiger partial charge in [0.1, 0.15) is 11.4 Å². The smallest absolute Gasteiger partial charge is 0.338 e. The molecule has 108 valence electrons. The molecule has 0 bridgehead atoms. The molecule has 5 heteroatoms. The molecule has 0 saturated carbocycles. The number of hydrogen-bond donors (Lipinski definition) is 2. The summed E-state index contributed by atoms with van der Waals surface area (Å²) >= 11 is 0. The first-order chi connectivity index (χ1) is 10.8. The number of aromatic amines is 1. The molecule has 0 aliphatic rings. The van der Waals surface area contributed by atoms with Crippen LogP contribution in [-0.4, -0.2) is 9.97 Å². The molecule has 2 aromatic heterocycles. The maximum absolute atomic E-state index is 11.6. The summed E-state index contributed by atoms with van der Waals surface area (Å²) < 4.78 is 5.18. The standard InChI is InChI=1S/C17H13N3O2/c21-17-9-14(11-5-1-4-8-15(11)22-17)18-10-16-19-12-6-2-3-7-13(12)20-16/h1-9,18H,10H2,(H,19,20). The minimum atomic E-state index is -0.370. The second kappa shape index (κ2) is 5.04. The zero-order valence-corrected chi connectivity index (χ0v) is 11.7. The van der Waals surface area contributed by atoms with Crippen molar-refractivity contribution in [2.24, 2.45) is 0 Å². The van der Waals surface area contributed by atoms with Gasteiger partial charge in [-0.25, -0.2) is 9.78 Å². The van der Waals surface area contributed by atoms with Crippen molar-refractivity contribution in [3.8, 4) is 0 Å². The van der Waals surface area contributed by atoms with Crippen LogP contribution in [0.1, 0.15) is 5.82 Å². The summed E-state index contributed by atoms with van der Waals surface area (Å²) in [6.07, 6.45) is 0. The SMILES string of the molecule is O=c1cc(NCc2nc3ccccc3[nH]2)c2ccccc2o1. The predicted molar refractivity (Wildman–Crippen MR) is 85.9 cm³/mol. The molecular weight excluding hydrogens is 278 g/mol. The third-order valence-electron chi connectivity index (χ3n) is 3.53. The monoisotopic (exact) mass is 291 g/mol. The van der Waals surface area contributed by atoms with Crippen LogP contribution in [0.2, 0.25) is 0 Å². The molecule has 0 unspecified atom stereocenters. The number of anilines is 1. The van der Waals surface area contributed by atoms with E-state index in [4.69, 9.17) is 4.42 Å². The van der Waals surface area contributed by atoms with Gasteiger partial charge in [0.25, 0.3) is 0 Å². The van der Waals surface area contributed by atoms with Crippen molar-refractivity contribution >= 4 is 27.7 Å². The molecule has 0 radical (unpaired) electrons. The molecule has 4 aromatic rings. The molecule has 2 aromatic carbocycles. The van der Waals surface area contributed by atoms with E-state index in [1.165, 1.54) is 6.07 Å². The number of aromatic nitrogens is 2. The quantitative estimate of drug-likeness (QED) is 0.568. The fourth-order valence-corrected chi connectivity index (χ4v) is 2.53. The molecule has 22 heavy (non-hydrogen) atoms. The molecule has 0 amide bonds. The third kappa shape index (κ3) is 2.22. The van der Waals surface area contributed by atoms with Gasteiger partial charge in [0.15, 0.2) is 0 Å². The molecular formula is C17H13N3O2. The Morgan fingerprint density at radius 3 is 2.82 bits per heavy atom. The Morgan fingerprint density at radius 1 is 1.09 bits per heavy atom. The van der Waals surface area contributed by atoms with E-state index in [0.717, 1.165) is 27.9 Å². The Labute approximate surface area is 125 Å². The van der Waals surface area contributed by atoms with E-state index in [2.05, 4.69) is 15.3 Å². The second-order valence-electron chi connectivity index (χ2n) is 5.03. The Hall–Kier alpha value is -3.08. The molecule has 0 saturated heterocycles. The Balaban J connectivity index is 1.67. The van der Waals surface area contributed by atoms with Crippen LogP contribution >= 0.6 is 0 Å². The van der Waals surface area contributed by atoms with E-state index >= 15 is 0 Å². The average Bonchev–Trinajstić information content (AvgIpc) is 2.95. The van der Waals surface area contributed by atoms with E-state index in [0.29, 0.717) is 12.1 Å². The molecule has 5 nitrogen and oxygen atoms in total. The molecule has 0 atom stereocenters. The Bertz CT molecular complexity index is 984. The molecule has 4 rings (SSSR count). The fraction of sp³-hybridized carbons (Fsp3) is 0.0588. The van der Waals surface area contributed by atoms with Gasteiger partial charge in [-0.2, -0.15) is 0 Å². The largest absolute Gasteiger partial charge is 0.423 e. The summed E-state index contributed by atoms with van der Waals surface area (Å²) in [5.74, 6) is 0.818. The molecule has 2 heterocycles. The van der Waals surface area contributed by atoms with Crippen LogP contribution in [-0.2, 0) is 6.54 Å². The van der Waals surface area contributed by atoms with E-state index in [1.54, 1.807) is 6.07 Å². The lowest BCUT2D eigenvalue weighted by atomic mass is 10.2. The van der Waals surface area contributed by atoms with Gasteiger partial charge >= 0.3 is 5.63 Å². The summed E-state index contributed by atoms with van der Waals surface area (Å²) in [4.78, 5) is 19.4. The van der Waals surface area contributed by atoms with E-state index in [-0.39, 0.29) is 5.63 Å². The van der Waals surface area contributed by atoms with E-state index in [1.807, 2.05) is 42.5 Å². The number of benzene rings is 2. The number of imidazole rings is 1.